The molecule has 0 aliphatic heterocycles. The fourth-order valence-electron chi connectivity index (χ4n) is 1.86. The molecule has 1 aromatic rings. The Morgan fingerprint density at radius 3 is 2.76 bits per heavy atom. The standard InChI is InChI=1S/C15H21N3O3/c1-18(10-14(19)17-11-6-7-11)15(20)8-9-21-13-5-3-2-4-12(13)16/h2-5,11H,6-10,16H2,1H3,(H,17,19). The summed E-state index contributed by atoms with van der Waals surface area (Å²) in [5.74, 6) is 0.330. The zero-order valence-corrected chi connectivity index (χ0v) is 12.2. The quantitative estimate of drug-likeness (QED) is 0.727. The van der Waals surface area contributed by atoms with Crippen LogP contribution in [0.4, 0.5) is 5.69 Å². The second kappa shape index (κ2) is 6.97. The second-order valence-corrected chi connectivity index (χ2v) is 5.23. The van der Waals surface area contributed by atoms with Gasteiger partial charge in [0, 0.05) is 13.1 Å². The highest BCUT2D eigenvalue weighted by Gasteiger charge is 2.24. The number of carbonyl (C=O) groups excluding carboxylic acids is 2. The maximum atomic E-state index is 11.9. The first-order valence-electron chi connectivity index (χ1n) is 7.07. The summed E-state index contributed by atoms with van der Waals surface area (Å²) < 4.78 is 5.46. The van der Waals surface area contributed by atoms with Crippen LogP contribution in [-0.2, 0) is 9.59 Å². The number of anilines is 1. The molecule has 2 amide bonds. The highest BCUT2D eigenvalue weighted by atomic mass is 16.5. The number of nitrogens with zero attached hydrogens (tertiary/aromatic N) is 1. The molecule has 0 aromatic heterocycles. The number of benzene rings is 1. The number of carbonyl (C=O) groups is 2. The molecule has 114 valence electrons. The number of hydrogen-bond donors (Lipinski definition) is 2. The number of nitrogens with two attached hydrogens (primary N) is 1. The van der Waals surface area contributed by atoms with E-state index in [1.54, 1.807) is 19.2 Å². The van der Waals surface area contributed by atoms with Gasteiger partial charge in [-0.1, -0.05) is 12.1 Å². The van der Waals surface area contributed by atoms with E-state index in [2.05, 4.69) is 5.32 Å². The zero-order valence-electron chi connectivity index (χ0n) is 12.2. The molecule has 21 heavy (non-hydrogen) atoms. The van der Waals surface area contributed by atoms with Gasteiger partial charge in [0.2, 0.25) is 11.8 Å². The van der Waals surface area contributed by atoms with Gasteiger partial charge in [-0.2, -0.15) is 0 Å². The number of rotatable bonds is 7. The van der Waals surface area contributed by atoms with Gasteiger partial charge in [0.05, 0.1) is 25.3 Å². The van der Waals surface area contributed by atoms with Gasteiger partial charge in [-0.25, -0.2) is 0 Å². The molecular weight excluding hydrogens is 270 g/mol. The van der Waals surface area contributed by atoms with Crippen molar-refractivity contribution in [3.05, 3.63) is 24.3 Å². The van der Waals surface area contributed by atoms with Crippen molar-refractivity contribution in [3.63, 3.8) is 0 Å². The fraction of sp³-hybridized carbons (Fsp3) is 0.467. The fourth-order valence-corrected chi connectivity index (χ4v) is 1.86. The maximum Gasteiger partial charge on any atom is 0.239 e. The molecule has 1 aliphatic carbocycles. The van der Waals surface area contributed by atoms with Crippen molar-refractivity contribution in [2.45, 2.75) is 25.3 Å². The van der Waals surface area contributed by atoms with Crippen LogP contribution in [0.2, 0.25) is 0 Å². The van der Waals surface area contributed by atoms with Crippen LogP contribution in [0, 0.1) is 0 Å². The Hall–Kier alpha value is -2.24. The van der Waals surface area contributed by atoms with E-state index in [1.165, 1.54) is 4.90 Å². The predicted octanol–water partition coefficient (Wildman–Crippen LogP) is 0.775. The van der Waals surface area contributed by atoms with Crippen LogP contribution in [0.25, 0.3) is 0 Å². The van der Waals surface area contributed by atoms with Crippen molar-refractivity contribution in [2.24, 2.45) is 0 Å². The third-order valence-corrected chi connectivity index (χ3v) is 3.24. The first-order chi connectivity index (χ1) is 10.1. The minimum absolute atomic E-state index is 0.0861. The third-order valence-electron chi connectivity index (χ3n) is 3.24. The van der Waals surface area contributed by atoms with E-state index in [-0.39, 0.29) is 31.4 Å². The van der Waals surface area contributed by atoms with Gasteiger partial charge in [-0.3, -0.25) is 9.59 Å². The Morgan fingerprint density at radius 2 is 2.10 bits per heavy atom. The number of para-hydroxylation sites is 2. The van der Waals surface area contributed by atoms with Crippen LogP contribution < -0.4 is 15.8 Å². The molecule has 0 atom stereocenters. The molecule has 0 heterocycles. The van der Waals surface area contributed by atoms with E-state index in [4.69, 9.17) is 10.5 Å². The second-order valence-electron chi connectivity index (χ2n) is 5.23. The molecule has 6 nitrogen and oxygen atoms in total. The number of nitrogen functional groups attached to an aromatic ring is 1. The number of nitrogens with one attached hydrogen (secondary N) is 1. The lowest BCUT2D eigenvalue weighted by Gasteiger charge is -2.17. The Kier molecular flexibility index (Phi) is 5.03. The summed E-state index contributed by atoms with van der Waals surface area (Å²) in [6, 6.07) is 7.45. The lowest BCUT2D eigenvalue weighted by atomic mass is 10.3. The molecule has 0 radical (unpaired) electrons. The molecule has 1 aromatic carbocycles. The highest BCUT2D eigenvalue weighted by Crippen LogP contribution is 2.20. The summed E-state index contributed by atoms with van der Waals surface area (Å²) in [5, 5.41) is 2.85. The van der Waals surface area contributed by atoms with Crippen LogP contribution in [0.15, 0.2) is 24.3 Å². The van der Waals surface area contributed by atoms with Crippen molar-refractivity contribution in [3.8, 4) is 5.75 Å². The molecule has 1 aliphatic rings. The molecule has 0 saturated heterocycles. The van der Waals surface area contributed by atoms with Crippen LogP contribution in [0.5, 0.6) is 5.75 Å². The van der Waals surface area contributed by atoms with Crippen LogP contribution >= 0.6 is 0 Å². The topological polar surface area (TPSA) is 84.7 Å². The molecular formula is C15H21N3O3. The van der Waals surface area contributed by atoms with Gasteiger partial charge < -0.3 is 20.7 Å². The number of likely N-dealkylation sites (N-methyl/N-ethyl adjacent to an activating group) is 1. The Balaban J connectivity index is 1.68. The van der Waals surface area contributed by atoms with E-state index < -0.39 is 0 Å². The molecule has 1 saturated carbocycles. The Bertz CT molecular complexity index is 515. The van der Waals surface area contributed by atoms with E-state index in [9.17, 15) is 9.59 Å². The maximum absolute atomic E-state index is 11.9. The van der Waals surface area contributed by atoms with Crippen molar-refractivity contribution in [1.82, 2.24) is 10.2 Å². The number of amides is 2. The van der Waals surface area contributed by atoms with Crippen LogP contribution in [0.1, 0.15) is 19.3 Å². The minimum atomic E-state index is -0.129. The summed E-state index contributed by atoms with van der Waals surface area (Å²) in [7, 11) is 1.62. The van der Waals surface area contributed by atoms with E-state index in [0.29, 0.717) is 17.5 Å². The van der Waals surface area contributed by atoms with Crippen molar-refractivity contribution in [2.75, 3.05) is 25.9 Å². The number of ether oxygens (including phenoxy) is 1. The van der Waals surface area contributed by atoms with Crippen molar-refractivity contribution < 1.29 is 14.3 Å². The monoisotopic (exact) mass is 291 g/mol. The number of hydrogen-bond acceptors (Lipinski definition) is 4. The van der Waals surface area contributed by atoms with Gasteiger partial charge in [-0.05, 0) is 25.0 Å². The summed E-state index contributed by atoms with van der Waals surface area (Å²) >= 11 is 0. The molecule has 6 heteroatoms. The van der Waals surface area contributed by atoms with Crippen LogP contribution in [0.3, 0.4) is 0 Å². The summed E-state index contributed by atoms with van der Waals surface area (Å²) in [5.41, 5.74) is 6.29. The Labute approximate surface area is 124 Å². The highest BCUT2D eigenvalue weighted by molar-refractivity contribution is 5.84. The third kappa shape index (κ3) is 4.98. The SMILES string of the molecule is CN(CC(=O)NC1CC1)C(=O)CCOc1ccccc1N. The smallest absolute Gasteiger partial charge is 0.239 e. The van der Waals surface area contributed by atoms with Gasteiger partial charge in [-0.15, -0.1) is 0 Å². The van der Waals surface area contributed by atoms with Crippen molar-refractivity contribution in [1.29, 1.82) is 0 Å². The molecule has 0 unspecified atom stereocenters. The lowest BCUT2D eigenvalue weighted by Crippen LogP contribution is -2.39. The molecule has 1 fully saturated rings. The van der Waals surface area contributed by atoms with E-state index >= 15 is 0 Å². The van der Waals surface area contributed by atoms with Gasteiger partial charge in [0.25, 0.3) is 0 Å². The first kappa shape index (κ1) is 15.2. The zero-order chi connectivity index (χ0) is 15.2. The molecule has 2 rings (SSSR count). The average molecular weight is 291 g/mol. The van der Waals surface area contributed by atoms with Gasteiger partial charge >= 0.3 is 0 Å². The molecule has 0 bridgehead atoms. The predicted molar refractivity (Wildman–Crippen MR) is 79.8 cm³/mol. The summed E-state index contributed by atoms with van der Waals surface area (Å²) in [6.07, 6.45) is 2.28. The largest absolute Gasteiger partial charge is 0.491 e. The first-order valence-corrected chi connectivity index (χ1v) is 7.07. The van der Waals surface area contributed by atoms with Crippen LogP contribution in [-0.4, -0.2) is 43.0 Å². The Morgan fingerprint density at radius 1 is 1.38 bits per heavy atom. The van der Waals surface area contributed by atoms with Gasteiger partial charge in [0.15, 0.2) is 0 Å². The lowest BCUT2D eigenvalue weighted by molar-refractivity contribution is -0.135. The van der Waals surface area contributed by atoms with Gasteiger partial charge in [0.1, 0.15) is 5.75 Å². The van der Waals surface area contributed by atoms with E-state index in [0.717, 1.165) is 12.8 Å². The summed E-state index contributed by atoms with van der Waals surface area (Å²) in [6.45, 7) is 0.324. The minimum Gasteiger partial charge on any atom is -0.491 e. The average Bonchev–Trinajstić information content (AvgIpc) is 3.24. The van der Waals surface area contributed by atoms with Crippen molar-refractivity contribution >= 4 is 17.5 Å². The normalized spacial score (nSPS) is 13.6. The summed E-state index contributed by atoms with van der Waals surface area (Å²) in [4.78, 5) is 24.9. The molecule has 3 N–H and O–H groups in total. The molecule has 0 spiro atoms. The van der Waals surface area contributed by atoms with E-state index in [1.807, 2.05) is 12.1 Å².